The number of carboxylic acids is 1. The van der Waals surface area contributed by atoms with E-state index in [-0.39, 0.29) is 5.54 Å². The standard InChI is InChI=1S/C15H21NO2/c1-15(2)11-12(10-14(17)18)8-9-16(15)13-6-4-3-5-7-13/h3-7,12H,8-11H2,1-2H3,(H,17,18). The van der Waals surface area contributed by atoms with Crippen molar-refractivity contribution in [2.45, 2.75) is 38.6 Å². The molecule has 3 nitrogen and oxygen atoms in total. The molecule has 1 atom stereocenters. The molecule has 18 heavy (non-hydrogen) atoms. The van der Waals surface area contributed by atoms with Crippen LogP contribution in [0.2, 0.25) is 0 Å². The lowest BCUT2D eigenvalue weighted by atomic mass is 9.80. The van der Waals surface area contributed by atoms with Gasteiger partial charge < -0.3 is 10.0 Å². The number of nitrogens with zero attached hydrogens (tertiary/aromatic N) is 1. The van der Waals surface area contributed by atoms with Gasteiger partial charge in [-0.3, -0.25) is 4.79 Å². The van der Waals surface area contributed by atoms with Crippen molar-refractivity contribution in [1.82, 2.24) is 0 Å². The van der Waals surface area contributed by atoms with Crippen LogP contribution in [0.4, 0.5) is 5.69 Å². The van der Waals surface area contributed by atoms with Crippen molar-refractivity contribution in [3.05, 3.63) is 30.3 Å². The second-order valence-electron chi connectivity index (χ2n) is 5.76. The molecule has 1 fully saturated rings. The molecular formula is C15H21NO2. The van der Waals surface area contributed by atoms with Gasteiger partial charge in [-0.2, -0.15) is 0 Å². The van der Waals surface area contributed by atoms with Gasteiger partial charge in [-0.05, 0) is 44.7 Å². The summed E-state index contributed by atoms with van der Waals surface area (Å²) in [6.07, 6.45) is 2.20. The molecule has 0 spiro atoms. The first-order chi connectivity index (χ1) is 8.49. The number of rotatable bonds is 3. The Morgan fingerprint density at radius 1 is 1.39 bits per heavy atom. The Balaban J connectivity index is 2.10. The summed E-state index contributed by atoms with van der Waals surface area (Å²) < 4.78 is 0. The molecule has 2 rings (SSSR count). The molecule has 1 unspecified atom stereocenters. The van der Waals surface area contributed by atoms with Gasteiger partial charge in [0.15, 0.2) is 0 Å². The molecule has 0 aliphatic carbocycles. The van der Waals surface area contributed by atoms with E-state index in [2.05, 4.69) is 43.0 Å². The molecular weight excluding hydrogens is 226 g/mol. The molecule has 0 amide bonds. The maximum atomic E-state index is 10.8. The van der Waals surface area contributed by atoms with Crippen LogP contribution < -0.4 is 4.90 Å². The maximum Gasteiger partial charge on any atom is 0.303 e. The summed E-state index contributed by atoms with van der Waals surface area (Å²) >= 11 is 0. The lowest BCUT2D eigenvalue weighted by molar-refractivity contribution is -0.138. The third kappa shape index (κ3) is 2.84. The lowest BCUT2D eigenvalue weighted by Crippen LogP contribution is -2.50. The Morgan fingerprint density at radius 2 is 2.06 bits per heavy atom. The minimum atomic E-state index is -0.677. The van der Waals surface area contributed by atoms with Crippen molar-refractivity contribution < 1.29 is 9.90 Å². The maximum absolute atomic E-state index is 10.8. The third-order valence-electron chi connectivity index (χ3n) is 3.81. The molecule has 1 heterocycles. The van der Waals surface area contributed by atoms with E-state index < -0.39 is 5.97 Å². The van der Waals surface area contributed by atoms with E-state index in [1.807, 2.05) is 6.07 Å². The van der Waals surface area contributed by atoms with E-state index in [4.69, 9.17) is 5.11 Å². The van der Waals surface area contributed by atoms with E-state index in [0.717, 1.165) is 19.4 Å². The van der Waals surface area contributed by atoms with Gasteiger partial charge in [-0.1, -0.05) is 18.2 Å². The third-order valence-corrected chi connectivity index (χ3v) is 3.81. The Bertz CT molecular complexity index is 414. The summed E-state index contributed by atoms with van der Waals surface area (Å²) in [6.45, 7) is 5.34. The van der Waals surface area contributed by atoms with E-state index in [0.29, 0.717) is 12.3 Å². The Morgan fingerprint density at radius 3 is 2.61 bits per heavy atom. The van der Waals surface area contributed by atoms with E-state index in [1.165, 1.54) is 5.69 Å². The monoisotopic (exact) mass is 247 g/mol. The molecule has 0 saturated carbocycles. The van der Waals surface area contributed by atoms with Gasteiger partial charge in [0.05, 0.1) is 0 Å². The SMILES string of the molecule is CC1(C)CC(CC(=O)O)CCN1c1ccccc1. The predicted octanol–water partition coefficient (Wildman–Crippen LogP) is 3.16. The number of benzene rings is 1. The predicted molar refractivity (Wildman–Crippen MR) is 72.8 cm³/mol. The number of para-hydroxylation sites is 1. The van der Waals surface area contributed by atoms with Crippen molar-refractivity contribution in [2.24, 2.45) is 5.92 Å². The van der Waals surface area contributed by atoms with Crippen LogP contribution in [0.3, 0.4) is 0 Å². The van der Waals surface area contributed by atoms with Gasteiger partial charge in [0.1, 0.15) is 0 Å². The van der Waals surface area contributed by atoms with Gasteiger partial charge in [-0.25, -0.2) is 0 Å². The van der Waals surface area contributed by atoms with Crippen molar-refractivity contribution in [2.75, 3.05) is 11.4 Å². The summed E-state index contributed by atoms with van der Waals surface area (Å²) in [5.74, 6) is -0.374. The fourth-order valence-electron chi connectivity index (χ4n) is 3.04. The number of hydrogen-bond acceptors (Lipinski definition) is 2. The zero-order valence-electron chi connectivity index (χ0n) is 11.1. The molecule has 3 heteroatoms. The smallest absolute Gasteiger partial charge is 0.303 e. The summed E-state index contributed by atoms with van der Waals surface area (Å²) in [7, 11) is 0. The zero-order valence-corrected chi connectivity index (χ0v) is 11.1. The molecule has 0 radical (unpaired) electrons. The molecule has 1 aromatic carbocycles. The highest BCUT2D eigenvalue weighted by molar-refractivity contribution is 5.67. The van der Waals surface area contributed by atoms with Gasteiger partial charge >= 0.3 is 5.97 Å². The van der Waals surface area contributed by atoms with Gasteiger partial charge in [0.2, 0.25) is 0 Å². The fraction of sp³-hybridized carbons (Fsp3) is 0.533. The molecule has 1 aliphatic heterocycles. The number of carbonyl (C=O) groups is 1. The van der Waals surface area contributed by atoms with Gasteiger partial charge in [-0.15, -0.1) is 0 Å². The number of aliphatic carboxylic acids is 1. The molecule has 0 bridgehead atoms. The van der Waals surface area contributed by atoms with Crippen LogP contribution in [-0.2, 0) is 4.79 Å². The summed E-state index contributed by atoms with van der Waals surface area (Å²) in [4.78, 5) is 13.2. The van der Waals surface area contributed by atoms with Crippen LogP contribution >= 0.6 is 0 Å². The minimum Gasteiger partial charge on any atom is -0.481 e. The normalized spacial score (nSPS) is 22.8. The summed E-state index contributed by atoms with van der Waals surface area (Å²) in [5, 5.41) is 8.91. The van der Waals surface area contributed by atoms with Crippen LogP contribution in [0.25, 0.3) is 0 Å². The Kier molecular flexibility index (Phi) is 3.60. The van der Waals surface area contributed by atoms with Crippen molar-refractivity contribution in [3.8, 4) is 0 Å². The van der Waals surface area contributed by atoms with E-state index >= 15 is 0 Å². The first-order valence-corrected chi connectivity index (χ1v) is 6.53. The quantitative estimate of drug-likeness (QED) is 0.892. The summed E-state index contributed by atoms with van der Waals surface area (Å²) in [5.41, 5.74) is 1.26. The van der Waals surface area contributed by atoms with E-state index in [1.54, 1.807) is 0 Å². The lowest BCUT2D eigenvalue weighted by Gasteiger charge is -2.47. The zero-order chi connectivity index (χ0) is 13.2. The van der Waals surface area contributed by atoms with Crippen molar-refractivity contribution in [3.63, 3.8) is 0 Å². The Labute approximate surface area is 108 Å². The van der Waals surface area contributed by atoms with Crippen molar-refractivity contribution in [1.29, 1.82) is 0 Å². The minimum absolute atomic E-state index is 0.0275. The molecule has 1 aliphatic rings. The largest absolute Gasteiger partial charge is 0.481 e. The highest BCUT2D eigenvalue weighted by atomic mass is 16.4. The highest BCUT2D eigenvalue weighted by Gasteiger charge is 2.35. The fourth-order valence-corrected chi connectivity index (χ4v) is 3.04. The average molecular weight is 247 g/mol. The second-order valence-corrected chi connectivity index (χ2v) is 5.76. The molecule has 98 valence electrons. The number of piperidine rings is 1. The van der Waals surface area contributed by atoms with Crippen LogP contribution in [0, 0.1) is 5.92 Å². The first-order valence-electron chi connectivity index (χ1n) is 6.53. The second kappa shape index (κ2) is 5.01. The van der Waals surface area contributed by atoms with Gasteiger partial charge in [0, 0.05) is 24.2 Å². The number of anilines is 1. The first kappa shape index (κ1) is 12.9. The van der Waals surface area contributed by atoms with E-state index in [9.17, 15) is 4.79 Å². The molecule has 1 N–H and O–H groups in total. The van der Waals surface area contributed by atoms with Gasteiger partial charge in [0.25, 0.3) is 0 Å². The number of hydrogen-bond donors (Lipinski definition) is 1. The Hall–Kier alpha value is -1.51. The van der Waals surface area contributed by atoms with Crippen LogP contribution in [-0.4, -0.2) is 23.2 Å². The topological polar surface area (TPSA) is 40.5 Å². The molecule has 0 aromatic heterocycles. The van der Waals surface area contributed by atoms with Crippen LogP contribution in [0.15, 0.2) is 30.3 Å². The average Bonchev–Trinajstić information content (AvgIpc) is 2.28. The highest BCUT2D eigenvalue weighted by Crippen LogP contribution is 2.36. The molecule has 1 saturated heterocycles. The van der Waals surface area contributed by atoms with Crippen molar-refractivity contribution >= 4 is 11.7 Å². The number of carboxylic acid groups (broad SMARTS) is 1. The van der Waals surface area contributed by atoms with Crippen LogP contribution in [0.1, 0.15) is 33.1 Å². The molecule has 1 aromatic rings. The summed E-state index contributed by atoms with van der Waals surface area (Å²) in [6, 6.07) is 10.4. The van der Waals surface area contributed by atoms with Crippen LogP contribution in [0.5, 0.6) is 0 Å².